The van der Waals surface area contributed by atoms with E-state index in [9.17, 15) is 13.2 Å². The fourth-order valence-electron chi connectivity index (χ4n) is 2.80. The van der Waals surface area contributed by atoms with E-state index in [0.29, 0.717) is 31.0 Å². The Labute approximate surface area is 156 Å². The molecular formula is C17H28ClN3O3S. The maximum absolute atomic E-state index is 12.6. The Balaban J connectivity index is 0.00000312. The molecule has 6 nitrogen and oxygen atoms in total. The standard InChI is InChI=1S/C17H27N3O3S.ClH/c1-2-6-16(18)17(21)19-13-14-7-9-15(10-8-14)24(22,23)20-11-4-3-5-12-20;/h7-10,16H,2-6,11-13,18H2,1H3,(H,19,21);1H. The highest BCUT2D eigenvalue weighted by Gasteiger charge is 2.25. The van der Waals surface area contributed by atoms with Crippen LogP contribution in [0.1, 0.15) is 44.6 Å². The molecule has 0 bridgehead atoms. The van der Waals surface area contributed by atoms with Crippen molar-refractivity contribution in [3.05, 3.63) is 29.8 Å². The first kappa shape index (κ1) is 21.9. The van der Waals surface area contributed by atoms with Crippen molar-refractivity contribution in [1.82, 2.24) is 9.62 Å². The van der Waals surface area contributed by atoms with Crippen LogP contribution in [0.4, 0.5) is 0 Å². The number of carbonyl (C=O) groups is 1. The van der Waals surface area contributed by atoms with Crippen LogP contribution in [0.5, 0.6) is 0 Å². The van der Waals surface area contributed by atoms with Crippen molar-refractivity contribution in [3.63, 3.8) is 0 Å². The highest BCUT2D eigenvalue weighted by molar-refractivity contribution is 7.89. The number of benzene rings is 1. The third kappa shape index (κ3) is 5.95. The molecule has 1 saturated heterocycles. The largest absolute Gasteiger partial charge is 0.351 e. The summed E-state index contributed by atoms with van der Waals surface area (Å²) in [6.07, 6.45) is 4.43. The van der Waals surface area contributed by atoms with Gasteiger partial charge in [-0.3, -0.25) is 4.79 Å². The number of carbonyl (C=O) groups excluding carboxylic acids is 1. The van der Waals surface area contributed by atoms with Gasteiger partial charge >= 0.3 is 0 Å². The first-order valence-electron chi connectivity index (χ1n) is 8.57. The number of halogens is 1. The van der Waals surface area contributed by atoms with Gasteiger partial charge in [0.1, 0.15) is 0 Å². The van der Waals surface area contributed by atoms with Crippen LogP contribution in [-0.2, 0) is 21.4 Å². The summed E-state index contributed by atoms with van der Waals surface area (Å²) in [4.78, 5) is 12.1. The summed E-state index contributed by atoms with van der Waals surface area (Å²) >= 11 is 0. The van der Waals surface area contributed by atoms with E-state index < -0.39 is 16.1 Å². The second-order valence-corrected chi connectivity index (χ2v) is 8.16. The zero-order valence-electron chi connectivity index (χ0n) is 14.6. The lowest BCUT2D eigenvalue weighted by Crippen LogP contribution is -2.40. The fourth-order valence-corrected chi connectivity index (χ4v) is 4.31. The fraction of sp³-hybridized carbons (Fsp3) is 0.588. The van der Waals surface area contributed by atoms with Gasteiger partial charge in [-0.05, 0) is 37.0 Å². The number of nitrogens with one attached hydrogen (secondary N) is 1. The maximum Gasteiger partial charge on any atom is 0.243 e. The lowest BCUT2D eigenvalue weighted by molar-refractivity contribution is -0.122. The average molecular weight is 390 g/mol. The Kier molecular flexibility index (Phi) is 8.85. The summed E-state index contributed by atoms with van der Waals surface area (Å²) < 4.78 is 26.7. The number of nitrogens with two attached hydrogens (primary N) is 1. The van der Waals surface area contributed by atoms with Crippen molar-refractivity contribution in [3.8, 4) is 0 Å². The quantitative estimate of drug-likeness (QED) is 0.746. The van der Waals surface area contributed by atoms with Crippen molar-refractivity contribution in [1.29, 1.82) is 0 Å². The molecule has 1 aromatic rings. The molecule has 1 aliphatic heterocycles. The van der Waals surface area contributed by atoms with Crippen LogP contribution in [0.25, 0.3) is 0 Å². The summed E-state index contributed by atoms with van der Waals surface area (Å²) in [7, 11) is -3.40. The SMILES string of the molecule is CCCC(N)C(=O)NCc1ccc(S(=O)(=O)N2CCCCC2)cc1.Cl. The Morgan fingerprint density at radius 2 is 1.80 bits per heavy atom. The van der Waals surface area contributed by atoms with E-state index in [4.69, 9.17) is 5.73 Å². The van der Waals surface area contributed by atoms with Gasteiger partial charge in [-0.1, -0.05) is 31.9 Å². The molecule has 0 spiro atoms. The molecule has 1 atom stereocenters. The average Bonchev–Trinajstić information content (AvgIpc) is 2.61. The monoisotopic (exact) mass is 389 g/mol. The second kappa shape index (κ2) is 10.1. The van der Waals surface area contributed by atoms with Crippen LogP contribution in [0.15, 0.2) is 29.2 Å². The van der Waals surface area contributed by atoms with E-state index in [1.807, 2.05) is 6.92 Å². The molecule has 1 aromatic carbocycles. The van der Waals surface area contributed by atoms with Crippen LogP contribution < -0.4 is 11.1 Å². The van der Waals surface area contributed by atoms with Gasteiger partial charge in [0.2, 0.25) is 15.9 Å². The number of hydrogen-bond acceptors (Lipinski definition) is 4. The Hall–Kier alpha value is -1.15. The summed E-state index contributed by atoms with van der Waals surface area (Å²) in [5.74, 6) is -0.179. The lowest BCUT2D eigenvalue weighted by Gasteiger charge is -2.25. The van der Waals surface area contributed by atoms with Crippen molar-refractivity contribution >= 4 is 28.3 Å². The molecule has 1 fully saturated rings. The van der Waals surface area contributed by atoms with Gasteiger partial charge in [-0.15, -0.1) is 12.4 Å². The van der Waals surface area contributed by atoms with Gasteiger partial charge in [0.25, 0.3) is 0 Å². The molecule has 2 rings (SSSR count). The Morgan fingerprint density at radius 3 is 2.36 bits per heavy atom. The normalized spacial score (nSPS) is 16.7. The Bertz CT molecular complexity index is 644. The summed E-state index contributed by atoms with van der Waals surface area (Å²) in [5.41, 5.74) is 6.61. The molecule has 3 N–H and O–H groups in total. The third-order valence-corrected chi connectivity index (χ3v) is 6.19. The maximum atomic E-state index is 12.6. The van der Waals surface area contributed by atoms with E-state index in [1.54, 1.807) is 28.6 Å². The predicted molar refractivity (Wildman–Crippen MR) is 101 cm³/mol. The minimum absolute atomic E-state index is 0. The molecular weight excluding hydrogens is 362 g/mol. The molecule has 0 saturated carbocycles. The minimum Gasteiger partial charge on any atom is -0.351 e. The van der Waals surface area contributed by atoms with Crippen molar-refractivity contribution in [2.45, 2.75) is 56.5 Å². The summed E-state index contributed by atoms with van der Waals surface area (Å²) in [5, 5.41) is 2.78. The molecule has 0 aromatic heterocycles. The van der Waals surface area contributed by atoms with Crippen LogP contribution in [0.3, 0.4) is 0 Å². The van der Waals surface area contributed by atoms with Gasteiger partial charge in [-0.25, -0.2) is 8.42 Å². The zero-order valence-corrected chi connectivity index (χ0v) is 16.2. The van der Waals surface area contributed by atoms with E-state index in [2.05, 4.69) is 5.32 Å². The number of piperidine rings is 1. The number of amides is 1. The van der Waals surface area contributed by atoms with Crippen LogP contribution >= 0.6 is 12.4 Å². The molecule has 1 amide bonds. The van der Waals surface area contributed by atoms with Crippen molar-refractivity contribution in [2.75, 3.05) is 13.1 Å². The molecule has 1 unspecified atom stereocenters. The molecule has 0 radical (unpaired) electrons. The van der Waals surface area contributed by atoms with Gasteiger partial charge in [-0.2, -0.15) is 4.31 Å². The first-order chi connectivity index (χ1) is 11.4. The summed E-state index contributed by atoms with van der Waals surface area (Å²) in [6, 6.07) is 6.20. The topological polar surface area (TPSA) is 92.5 Å². The van der Waals surface area contributed by atoms with Gasteiger partial charge < -0.3 is 11.1 Å². The van der Waals surface area contributed by atoms with E-state index in [1.165, 1.54) is 0 Å². The number of sulfonamides is 1. The molecule has 25 heavy (non-hydrogen) atoms. The molecule has 8 heteroatoms. The van der Waals surface area contributed by atoms with E-state index in [0.717, 1.165) is 31.2 Å². The van der Waals surface area contributed by atoms with Crippen LogP contribution in [0, 0.1) is 0 Å². The molecule has 1 aliphatic rings. The number of rotatable bonds is 7. The number of nitrogens with zero attached hydrogens (tertiary/aromatic N) is 1. The zero-order chi connectivity index (χ0) is 17.6. The van der Waals surface area contributed by atoms with Crippen LogP contribution in [0.2, 0.25) is 0 Å². The predicted octanol–water partition coefficient (Wildman–Crippen LogP) is 2.03. The van der Waals surface area contributed by atoms with E-state index in [-0.39, 0.29) is 18.3 Å². The van der Waals surface area contributed by atoms with Crippen molar-refractivity contribution < 1.29 is 13.2 Å². The van der Waals surface area contributed by atoms with Gasteiger partial charge in [0, 0.05) is 19.6 Å². The molecule has 0 aliphatic carbocycles. The van der Waals surface area contributed by atoms with Crippen LogP contribution in [-0.4, -0.2) is 37.8 Å². The van der Waals surface area contributed by atoms with E-state index >= 15 is 0 Å². The molecule has 1 heterocycles. The van der Waals surface area contributed by atoms with Crippen molar-refractivity contribution in [2.24, 2.45) is 5.73 Å². The summed E-state index contributed by atoms with van der Waals surface area (Å²) in [6.45, 7) is 3.51. The highest BCUT2D eigenvalue weighted by atomic mass is 35.5. The van der Waals surface area contributed by atoms with Gasteiger partial charge in [0.05, 0.1) is 10.9 Å². The van der Waals surface area contributed by atoms with Gasteiger partial charge in [0.15, 0.2) is 0 Å². The second-order valence-electron chi connectivity index (χ2n) is 6.22. The third-order valence-electron chi connectivity index (χ3n) is 4.28. The lowest BCUT2D eigenvalue weighted by atomic mass is 10.1. The molecule has 142 valence electrons. The smallest absolute Gasteiger partial charge is 0.243 e. The first-order valence-corrected chi connectivity index (χ1v) is 10.0. The Morgan fingerprint density at radius 1 is 1.20 bits per heavy atom. The minimum atomic E-state index is -3.40. The highest BCUT2D eigenvalue weighted by Crippen LogP contribution is 2.20. The number of hydrogen-bond donors (Lipinski definition) is 2.